The number of halogens is 1. The number of hydrogen-bond acceptors (Lipinski definition) is 5. The minimum Gasteiger partial charge on any atom is -0.394 e. The normalized spacial score (nSPS) is 19.6. The molecular formula is C20H19ClN4O3. The highest BCUT2D eigenvalue weighted by atomic mass is 35.5. The number of carbonyl (C=O) groups is 1. The molecule has 3 aromatic rings. The third kappa shape index (κ3) is 3.40. The van der Waals surface area contributed by atoms with E-state index in [0.29, 0.717) is 29.4 Å². The van der Waals surface area contributed by atoms with E-state index in [1.807, 2.05) is 36.4 Å². The van der Waals surface area contributed by atoms with Gasteiger partial charge in [0.1, 0.15) is 18.8 Å². The highest BCUT2D eigenvalue weighted by molar-refractivity contribution is 6.31. The van der Waals surface area contributed by atoms with E-state index < -0.39 is 12.1 Å². The average molecular weight is 399 g/mol. The summed E-state index contributed by atoms with van der Waals surface area (Å²) < 4.78 is 7.30. The van der Waals surface area contributed by atoms with Crippen LogP contribution in [0.2, 0.25) is 5.02 Å². The van der Waals surface area contributed by atoms with Gasteiger partial charge in [-0.15, -0.1) is 0 Å². The van der Waals surface area contributed by atoms with Crippen LogP contribution in [0.3, 0.4) is 0 Å². The Balaban J connectivity index is 1.77. The minimum atomic E-state index is -0.559. The molecule has 2 aromatic carbocycles. The number of hydrogen-bond donors (Lipinski definition) is 1. The van der Waals surface area contributed by atoms with Gasteiger partial charge in [-0.25, -0.2) is 9.67 Å². The molecule has 1 N–H and O–H groups in total. The molecule has 0 bridgehead atoms. The SMILES string of the molecule is O=C(c1ccccc1-n1cncn1)N1CCO[C@@H](CO)[C@@H]1c1ccccc1Cl. The average Bonchev–Trinajstić information content (AvgIpc) is 3.28. The number of benzene rings is 2. The van der Waals surface area contributed by atoms with Gasteiger partial charge < -0.3 is 14.7 Å². The molecule has 2 atom stereocenters. The Hall–Kier alpha value is -2.74. The fourth-order valence-electron chi connectivity index (χ4n) is 3.54. The molecule has 144 valence electrons. The van der Waals surface area contributed by atoms with E-state index in [4.69, 9.17) is 16.3 Å². The van der Waals surface area contributed by atoms with Gasteiger partial charge in [-0.3, -0.25) is 4.79 Å². The Kier molecular flexibility index (Phi) is 5.38. The van der Waals surface area contributed by atoms with Crippen molar-refractivity contribution in [2.75, 3.05) is 19.8 Å². The molecular weight excluding hydrogens is 380 g/mol. The maximum atomic E-state index is 13.6. The first kappa shape index (κ1) is 18.6. The van der Waals surface area contributed by atoms with Gasteiger partial charge in [0, 0.05) is 11.6 Å². The van der Waals surface area contributed by atoms with E-state index in [0.717, 1.165) is 5.56 Å². The predicted octanol–water partition coefficient (Wildman–Crippen LogP) is 2.50. The van der Waals surface area contributed by atoms with Gasteiger partial charge >= 0.3 is 0 Å². The molecule has 0 unspecified atom stereocenters. The first-order valence-corrected chi connectivity index (χ1v) is 9.30. The van der Waals surface area contributed by atoms with Gasteiger partial charge in [0.2, 0.25) is 0 Å². The van der Waals surface area contributed by atoms with E-state index in [9.17, 15) is 9.90 Å². The molecule has 1 aromatic heterocycles. The molecule has 1 fully saturated rings. The lowest BCUT2D eigenvalue weighted by Gasteiger charge is -2.41. The topological polar surface area (TPSA) is 80.5 Å². The number of aliphatic hydroxyl groups excluding tert-OH is 1. The van der Waals surface area contributed by atoms with Crippen LogP contribution in [-0.4, -0.2) is 56.5 Å². The Bertz CT molecular complexity index is 964. The Labute approximate surface area is 167 Å². The zero-order valence-electron chi connectivity index (χ0n) is 15.0. The second kappa shape index (κ2) is 8.10. The number of morpholine rings is 1. The van der Waals surface area contributed by atoms with Crippen molar-refractivity contribution >= 4 is 17.5 Å². The van der Waals surface area contributed by atoms with Crippen LogP contribution in [-0.2, 0) is 4.74 Å². The van der Waals surface area contributed by atoms with Crippen LogP contribution in [0.1, 0.15) is 22.0 Å². The fraction of sp³-hybridized carbons (Fsp3) is 0.250. The number of para-hydroxylation sites is 1. The van der Waals surface area contributed by atoms with Crippen molar-refractivity contribution in [1.82, 2.24) is 19.7 Å². The van der Waals surface area contributed by atoms with Crippen LogP contribution in [0, 0.1) is 0 Å². The third-order valence-electron chi connectivity index (χ3n) is 4.82. The maximum Gasteiger partial charge on any atom is 0.256 e. The summed E-state index contributed by atoms with van der Waals surface area (Å²) in [4.78, 5) is 19.2. The molecule has 1 aliphatic rings. The number of rotatable bonds is 4. The molecule has 0 radical (unpaired) electrons. The van der Waals surface area contributed by atoms with Gasteiger partial charge in [-0.2, -0.15) is 5.10 Å². The summed E-state index contributed by atoms with van der Waals surface area (Å²) in [5, 5.41) is 14.5. The van der Waals surface area contributed by atoms with Gasteiger partial charge in [-0.05, 0) is 23.8 Å². The Morgan fingerprint density at radius 1 is 1.21 bits per heavy atom. The molecule has 2 heterocycles. The third-order valence-corrected chi connectivity index (χ3v) is 5.16. The van der Waals surface area contributed by atoms with E-state index in [1.54, 1.807) is 28.0 Å². The second-order valence-electron chi connectivity index (χ2n) is 6.41. The van der Waals surface area contributed by atoms with E-state index >= 15 is 0 Å². The summed E-state index contributed by atoms with van der Waals surface area (Å²) in [7, 11) is 0. The summed E-state index contributed by atoms with van der Waals surface area (Å²) in [6.45, 7) is 0.505. The van der Waals surface area contributed by atoms with Crippen molar-refractivity contribution in [2.24, 2.45) is 0 Å². The highest BCUT2D eigenvalue weighted by Crippen LogP contribution is 2.35. The lowest BCUT2D eigenvalue weighted by Crippen LogP contribution is -2.49. The molecule has 8 heteroatoms. The highest BCUT2D eigenvalue weighted by Gasteiger charge is 2.38. The van der Waals surface area contributed by atoms with Crippen LogP contribution in [0.4, 0.5) is 0 Å². The van der Waals surface area contributed by atoms with Crippen molar-refractivity contribution in [2.45, 2.75) is 12.1 Å². The first-order chi connectivity index (χ1) is 13.7. The second-order valence-corrected chi connectivity index (χ2v) is 6.82. The molecule has 1 aliphatic heterocycles. The minimum absolute atomic E-state index is 0.183. The van der Waals surface area contributed by atoms with Crippen molar-refractivity contribution in [3.63, 3.8) is 0 Å². The Morgan fingerprint density at radius 2 is 2.00 bits per heavy atom. The predicted molar refractivity (Wildman–Crippen MR) is 103 cm³/mol. The smallest absolute Gasteiger partial charge is 0.256 e. The zero-order valence-corrected chi connectivity index (χ0v) is 15.7. The first-order valence-electron chi connectivity index (χ1n) is 8.92. The largest absolute Gasteiger partial charge is 0.394 e. The van der Waals surface area contributed by atoms with Crippen molar-refractivity contribution in [3.8, 4) is 5.69 Å². The lowest BCUT2D eigenvalue weighted by atomic mass is 9.97. The summed E-state index contributed by atoms with van der Waals surface area (Å²) >= 11 is 6.41. The van der Waals surface area contributed by atoms with Gasteiger partial charge in [0.05, 0.1) is 30.5 Å². The number of ether oxygens (including phenoxy) is 1. The lowest BCUT2D eigenvalue weighted by molar-refractivity contribution is -0.0811. The van der Waals surface area contributed by atoms with E-state index in [1.165, 1.54) is 6.33 Å². The standard InChI is InChI=1S/C20H19ClN4O3/c21-16-7-3-1-5-14(16)19-18(11-26)28-10-9-24(19)20(27)15-6-2-4-8-17(15)25-13-22-12-23-25/h1-8,12-13,18-19,26H,9-11H2/t18-,19-/m0/s1. The monoisotopic (exact) mass is 398 g/mol. The summed E-state index contributed by atoms with van der Waals surface area (Å²) in [6, 6.07) is 14.0. The molecule has 7 nitrogen and oxygen atoms in total. The number of nitrogens with zero attached hydrogens (tertiary/aromatic N) is 4. The van der Waals surface area contributed by atoms with Crippen molar-refractivity contribution in [3.05, 3.63) is 77.3 Å². The molecule has 0 aliphatic carbocycles. The zero-order chi connectivity index (χ0) is 19.5. The van der Waals surface area contributed by atoms with E-state index in [2.05, 4.69) is 10.1 Å². The summed E-state index contributed by atoms with van der Waals surface area (Å²) in [5.74, 6) is -0.183. The number of amides is 1. The fourth-order valence-corrected chi connectivity index (χ4v) is 3.79. The van der Waals surface area contributed by atoms with Crippen molar-refractivity contribution in [1.29, 1.82) is 0 Å². The van der Waals surface area contributed by atoms with E-state index in [-0.39, 0.29) is 12.5 Å². The molecule has 1 amide bonds. The number of aromatic nitrogens is 3. The van der Waals surface area contributed by atoms with Gasteiger partial charge in [-0.1, -0.05) is 41.9 Å². The molecule has 0 spiro atoms. The van der Waals surface area contributed by atoms with Crippen LogP contribution in [0.15, 0.2) is 61.2 Å². The van der Waals surface area contributed by atoms with Gasteiger partial charge in [0.15, 0.2) is 0 Å². The Morgan fingerprint density at radius 3 is 2.75 bits per heavy atom. The van der Waals surface area contributed by atoms with Crippen molar-refractivity contribution < 1.29 is 14.6 Å². The molecule has 4 rings (SSSR count). The van der Waals surface area contributed by atoms with Crippen LogP contribution >= 0.6 is 11.6 Å². The summed E-state index contributed by atoms with van der Waals surface area (Å²) in [6.07, 6.45) is 2.41. The van der Waals surface area contributed by atoms with Crippen LogP contribution in [0.25, 0.3) is 5.69 Å². The van der Waals surface area contributed by atoms with Crippen LogP contribution < -0.4 is 0 Å². The maximum absolute atomic E-state index is 13.6. The number of carbonyl (C=O) groups excluding carboxylic acids is 1. The van der Waals surface area contributed by atoms with Gasteiger partial charge in [0.25, 0.3) is 5.91 Å². The molecule has 0 saturated carbocycles. The van der Waals surface area contributed by atoms with Crippen LogP contribution in [0.5, 0.6) is 0 Å². The summed E-state index contributed by atoms with van der Waals surface area (Å²) in [5.41, 5.74) is 1.87. The number of aliphatic hydroxyl groups is 1. The molecule has 28 heavy (non-hydrogen) atoms. The molecule has 1 saturated heterocycles. The quantitative estimate of drug-likeness (QED) is 0.730.